The molecule has 1 N–H and O–H groups in total. The first-order valence-corrected chi connectivity index (χ1v) is 5.48. The highest BCUT2D eigenvalue weighted by atomic mass is 32.2. The minimum atomic E-state index is -0.928. The fraction of sp³-hybridized carbons (Fsp3) is 0.273. The molecule has 1 aromatic rings. The Labute approximate surface area is 92.9 Å². The molecule has 78 valence electrons. The normalized spacial score (nSPS) is 9.53. The standard InChI is InChI=1S/C11H11NO2S/c1-2-3-4-7-15-10-8-9(11(13)14)5-6-12-10/h1,5-6,8H,3-4,7H2,(H,13,14). The lowest BCUT2D eigenvalue weighted by Crippen LogP contribution is -1.96. The first-order chi connectivity index (χ1) is 7.24. The van der Waals surface area contributed by atoms with E-state index in [9.17, 15) is 4.79 Å². The predicted octanol–water partition coefficient (Wildman–Crippen LogP) is 2.29. The molecule has 0 aromatic carbocycles. The molecular formula is C11H11NO2S. The van der Waals surface area contributed by atoms with Crippen LogP contribution in [0.15, 0.2) is 23.4 Å². The molecular weight excluding hydrogens is 210 g/mol. The molecule has 0 spiro atoms. The van der Waals surface area contributed by atoms with E-state index in [2.05, 4.69) is 10.9 Å². The molecule has 1 rings (SSSR count). The molecule has 15 heavy (non-hydrogen) atoms. The zero-order valence-electron chi connectivity index (χ0n) is 8.14. The number of carboxylic acids is 1. The number of hydrogen-bond donors (Lipinski definition) is 1. The van der Waals surface area contributed by atoms with Gasteiger partial charge in [0, 0.05) is 18.4 Å². The van der Waals surface area contributed by atoms with E-state index in [1.807, 2.05) is 0 Å². The van der Waals surface area contributed by atoms with Gasteiger partial charge in [0.2, 0.25) is 0 Å². The summed E-state index contributed by atoms with van der Waals surface area (Å²) in [5, 5.41) is 9.48. The molecule has 0 atom stereocenters. The molecule has 0 aliphatic rings. The Balaban J connectivity index is 2.51. The second-order valence-corrected chi connectivity index (χ2v) is 3.96. The summed E-state index contributed by atoms with van der Waals surface area (Å²) >= 11 is 1.52. The summed E-state index contributed by atoms with van der Waals surface area (Å²) in [4.78, 5) is 14.7. The maximum atomic E-state index is 10.7. The van der Waals surface area contributed by atoms with Gasteiger partial charge in [-0.3, -0.25) is 0 Å². The van der Waals surface area contributed by atoms with Gasteiger partial charge in [-0.25, -0.2) is 9.78 Å². The van der Waals surface area contributed by atoms with Crippen LogP contribution in [0.5, 0.6) is 0 Å². The van der Waals surface area contributed by atoms with Crippen LogP contribution < -0.4 is 0 Å². The predicted molar refractivity (Wildman–Crippen MR) is 60.0 cm³/mol. The molecule has 3 nitrogen and oxygen atoms in total. The number of pyridine rings is 1. The van der Waals surface area contributed by atoms with Crippen molar-refractivity contribution in [3.8, 4) is 12.3 Å². The summed E-state index contributed by atoms with van der Waals surface area (Å²) in [6, 6.07) is 3.05. The van der Waals surface area contributed by atoms with Crippen LogP contribution in [0.25, 0.3) is 0 Å². The molecule has 0 aliphatic carbocycles. The van der Waals surface area contributed by atoms with E-state index in [-0.39, 0.29) is 5.56 Å². The number of terminal acetylenes is 1. The third kappa shape index (κ3) is 4.05. The minimum Gasteiger partial charge on any atom is -0.478 e. The Kier molecular flexibility index (Phi) is 4.72. The summed E-state index contributed by atoms with van der Waals surface area (Å²) in [5.41, 5.74) is 0.268. The first kappa shape index (κ1) is 11.6. The van der Waals surface area contributed by atoms with Crippen molar-refractivity contribution in [3.63, 3.8) is 0 Å². The molecule has 4 heteroatoms. The number of hydrogen-bond acceptors (Lipinski definition) is 3. The van der Waals surface area contributed by atoms with Gasteiger partial charge in [0.25, 0.3) is 0 Å². The van der Waals surface area contributed by atoms with Gasteiger partial charge in [0.05, 0.1) is 10.6 Å². The van der Waals surface area contributed by atoms with Crippen molar-refractivity contribution in [1.82, 2.24) is 4.98 Å². The highest BCUT2D eigenvalue weighted by Gasteiger charge is 2.03. The number of aromatic nitrogens is 1. The van der Waals surface area contributed by atoms with Crippen LogP contribution in [0.2, 0.25) is 0 Å². The topological polar surface area (TPSA) is 50.2 Å². The van der Waals surface area contributed by atoms with E-state index < -0.39 is 5.97 Å². The van der Waals surface area contributed by atoms with E-state index in [0.29, 0.717) is 0 Å². The molecule has 0 radical (unpaired) electrons. The third-order valence-corrected chi connectivity index (χ3v) is 2.71. The summed E-state index contributed by atoms with van der Waals surface area (Å²) in [6.45, 7) is 0. The number of thioether (sulfide) groups is 1. The average Bonchev–Trinajstić information content (AvgIpc) is 2.25. The number of aromatic carboxylic acids is 1. The minimum absolute atomic E-state index is 0.268. The molecule has 1 aromatic heterocycles. The van der Waals surface area contributed by atoms with Crippen molar-refractivity contribution >= 4 is 17.7 Å². The Hall–Kier alpha value is -1.47. The van der Waals surface area contributed by atoms with E-state index in [0.717, 1.165) is 23.6 Å². The monoisotopic (exact) mass is 221 g/mol. The van der Waals surface area contributed by atoms with Gasteiger partial charge in [-0.15, -0.1) is 24.1 Å². The zero-order chi connectivity index (χ0) is 11.1. The lowest BCUT2D eigenvalue weighted by molar-refractivity contribution is 0.0696. The van der Waals surface area contributed by atoms with E-state index in [1.54, 1.807) is 6.07 Å². The van der Waals surface area contributed by atoms with Gasteiger partial charge in [-0.05, 0) is 18.6 Å². The van der Waals surface area contributed by atoms with E-state index in [4.69, 9.17) is 11.5 Å². The Morgan fingerprint density at radius 1 is 1.67 bits per heavy atom. The SMILES string of the molecule is C#CCCCSc1cc(C(=O)O)ccn1. The Bertz CT molecular complexity index is 384. The smallest absolute Gasteiger partial charge is 0.335 e. The quantitative estimate of drug-likeness (QED) is 0.471. The molecule has 0 amide bonds. The number of nitrogens with zero attached hydrogens (tertiary/aromatic N) is 1. The molecule has 0 saturated carbocycles. The summed E-state index contributed by atoms with van der Waals surface area (Å²) in [7, 11) is 0. The number of carboxylic acid groups (broad SMARTS) is 1. The van der Waals surface area contributed by atoms with Crippen LogP contribution in [0.3, 0.4) is 0 Å². The Morgan fingerprint density at radius 2 is 2.47 bits per heavy atom. The van der Waals surface area contributed by atoms with Gasteiger partial charge in [0.15, 0.2) is 0 Å². The van der Waals surface area contributed by atoms with Gasteiger partial charge in [-0.1, -0.05) is 0 Å². The summed E-state index contributed by atoms with van der Waals surface area (Å²) in [5.74, 6) is 2.49. The Morgan fingerprint density at radius 3 is 3.13 bits per heavy atom. The van der Waals surface area contributed by atoms with Crippen LogP contribution in [0.1, 0.15) is 23.2 Å². The first-order valence-electron chi connectivity index (χ1n) is 4.49. The highest BCUT2D eigenvalue weighted by molar-refractivity contribution is 7.99. The highest BCUT2D eigenvalue weighted by Crippen LogP contribution is 2.17. The maximum absolute atomic E-state index is 10.7. The second-order valence-electron chi connectivity index (χ2n) is 2.84. The van der Waals surface area contributed by atoms with Crippen LogP contribution in [-0.2, 0) is 0 Å². The van der Waals surface area contributed by atoms with E-state index in [1.165, 1.54) is 24.0 Å². The van der Waals surface area contributed by atoms with Crippen molar-refractivity contribution in [2.75, 3.05) is 5.75 Å². The van der Waals surface area contributed by atoms with Gasteiger partial charge in [-0.2, -0.15) is 0 Å². The van der Waals surface area contributed by atoms with Crippen molar-refractivity contribution in [3.05, 3.63) is 23.9 Å². The molecule has 0 fully saturated rings. The summed E-state index contributed by atoms with van der Waals surface area (Å²) < 4.78 is 0. The fourth-order valence-corrected chi connectivity index (χ4v) is 1.82. The number of rotatable bonds is 5. The van der Waals surface area contributed by atoms with Gasteiger partial charge in [0.1, 0.15) is 0 Å². The lowest BCUT2D eigenvalue weighted by atomic mass is 10.3. The van der Waals surface area contributed by atoms with Crippen molar-refractivity contribution in [2.24, 2.45) is 0 Å². The van der Waals surface area contributed by atoms with Crippen LogP contribution in [0.4, 0.5) is 0 Å². The van der Waals surface area contributed by atoms with Crippen LogP contribution in [0, 0.1) is 12.3 Å². The maximum Gasteiger partial charge on any atom is 0.335 e. The molecule has 1 heterocycles. The average molecular weight is 221 g/mol. The number of carbonyl (C=O) groups is 1. The second kappa shape index (κ2) is 6.10. The third-order valence-electron chi connectivity index (χ3n) is 1.70. The zero-order valence-corrected chi connectivity index (χ0v) is 8.96. The molecule has 0 aliphatic heterocycles. The van der Waals surface area contributed by atoms with Crippen LogP contribution in [-0.4, -0.2) is 21.8 Å². The van der Waals surface area contributed by atoms with E-state index >= 15 is 0 Å². The summed E-state index contributed by atoms with van der Waals surface area (Å²) in [6.07, 6.45) is 8.28. The van der Waals surface area contributed by atoms with Crippen molar-refractivity contribution in [1.29, 1.82) is 0 Å². The molecule has 0 saturated heterocycles. The van der Waals surface area contributed by atoms with Crippen LogP contribution >= 0.6 is 11.8 Å². The van der Waals surface area contributed by atoms with Crippen molar-refractivity contribution < 1.29 is 9.90 Å². The largest absolute Gasteiger partial charge is 0.478 e. The van der Waals surface area contributed by atoms with Gasteiger partial charge >= 0.3 is 5.97 Å². The number of unbranched alkanes of at least 4 members (excludes halogenated alkanes) is 1. The molecule has 0 bridgehead atoms. The lowest BCUT2D eigenvalue weighted by Gasteiger charge is -2.00. The fourth-order valence-electron chi connectivity index (χ4n) is 0.972. The van der Waals surface area contributed by atoms with Crippen molar-refractivity contribution in [2.45, 2.75) is 17.9 Å². The molecule has 0 unspecified atom stereocenters. The van der Waals surface area contributed by atoms with Gasteiger partial charge < -0.3 is 5.11 Å².